The Labute approximate surface area is 250 Å². The van der Waals surface area contributed by atoms with Crippen LogP contribution >= 0.6 is 0 Å². The highest BCUT2D eigenvalue weighted by molar-refractivity contribution is 6.14. The lowest BCUT2D eigenvalue weighted by Gasteiger charge is -2.29. The Balaban J connectivity index is 1.39. The lowest BCUT2D eigenvalue weighted by atomic mass is 9.81. The first-order valence-corrected chi connectivity index (χ1v) is 14.9. The smallest absolute Gasteiger partial charge is 0.159 e. The third-order valence-electron chi connectivity index (χ3n) is 9.40. The Kier molecular flexibility index (Phi) is 4.99. The molecule has 1 aromatic heterocycles. The molecule has 8 aromatic rings. The van der Waals surface area contributed by atoms with Crippen LogP contribution in [0.1, 0.15) is 25.0 Å². The van der Waals surface area contributed by atoms with Gasteiger partial charge in [0, 0.05) is 27.3 Å². The van der Waals surface area contributed by atoms with Crippen LogP contribution in [0.25, 0.3) is 54.6 Å². The molecule has 204 valence electrons. The van der Waals surface area contributed by atoms with E-state index in [0.717, 1.165) is 39.0 Å². The van der Waals surface area contributed by atoms with E-state index in [9.17, 15) is 0 Å². The fourth-order valence-electron chi connectivity index (χ4n) is 7.33. The van der Waals surface area contributed by atoms with Crippen LogP contribution in [0.2, 0.25) is 0 Å². The molecule has 2 nitrogen and oxygen atoms in total. The van der Waals surface area contributed by atoms with Crippen LogP contribution in [-0.4, -0.2) is 0 Å². The van der Waals surface area contributed by atoms with E-state index < -0.39 is 0 Å². The Morgan fingerprint density at radius 2 is 1.16 bits per heavy atom. The number of para-hydroxylation sites is 3. The van der Waals surface area contributed by atoms with Crippen molar-refractivity contribution >= 4 is 60.5 Å². The number of furan rings is 1. The molecule has 0 aliphatic heterocycles. The van der Waals surface area contributed by atoms with Gasteiger partial charge in [-0.2, -0.15) is 0 Å². The molecule has 0 saturated carbocycles. The van der Waals surface area contributed by atoms with Crippen LogP contribution < -0.4 is 4.90 Å². The molecule has 1 aliphatic rings. The zero-order valence-electron chi connectivity index (χ0n) is 24.1. The summed E-state index contributed by atoms with van der Waals surface area (Å²) < 4.78 is 6.61. The predicted octanol–water partition coefficient (Wildman–Crippen LogP) is 11.7. The number of anilines is 3. The minimum Gasteiger partial charge on any atom is -0.454 e. The average Bonchev–Trinajstić information content (AvgIpc) is 3.53. The molecule has 0 atom stereocenters. The number of hydrogen-bond acceptors (Lipinski definition) is 2. The zero-order chi connectivity index (χ0) is 28.7. The quantitative estimate of drug-likeness (QED) is 0.217. The number of nitrogens with zero attached hydrogens (tertiary/aromatic N) is 1. The predicted molar refractivity (Wildman–Crippen MR) is 181 cm³/mol. The first-order chi connectivity index (χ1) is 21.1. The maximum Gasteiger partial charge on any atom is 0.159 e. The van der Waals surface area contributed by atoms with Gasteiger partial charge in [0.1, 0.15) is 5.58 Å². The number of rotatable bonds is 3. The van der Waals surface area contributed by atoms with E-state index in [0.29, 0.717) is 0 Å². The van der Waals surface area contributed by atoms with Crippen LogP contribution in [0.4, 0.5) is 17.1 Å². The van der Waals surface area contributed by atoms with Gasteiger partial charge in [0.05, 0.1) is 11.4 Å². The molecule has 7 aromatic carbocycles. The van der Waals surface area contributed by atoms with Crippen LogP contribution in [0, 0.1) is 0 Å². The number of benzene rings is 7. The largest absolute Gasteiger partial charge is 0.454 e. The van der Waals surface area contributed by atoms with Crippen molar-refractivity contribution in [2.24, 2.45) is 0 Å². The second kappa shape index (κ2) is 8.83. The molecule has 0 unspecified atom stereocenters. The topological polar surface area (TPSA) is 16.4 Å². The van der Waals surface area contributed by atoms with Gasteiger partial charge < -0.3 is 9.32 Å². The van der Waals surface area contributed by atoms with Gasteiger partial charge in [-0.05, 0) is 80.9 Å². The zero-order valence-corrected chi connectivity index (χ0v) is 24.1. The molecule has 0 bridgehead atoms. The lowest BCUT2D eigenvalue weighted by Crippen LogP contribution is -2.17. The highest BCUT2D eigenvalue weighted by Crippen LogP contribution is 2.55. The fraction of sp³-hybridized carbons (Fsp3) is 0.0732. The fourth-order valence-corrected chi connectivity index (χ4v) is 7.33. The van der Waals surface area contributed by atoms with E-state index in [-0.39, 0.29) is 5.41 Å². The lowest BCUT2D eigenvalue weighted by molar-refractivity contribution is 0.661. The molecule has 0 N–H and O–H groups in total. The Morgan fingerprint density at radius 1 is 0.512 bits per heavy atom. The first kappa shape index (κ1) is 24.3. The molecule has 43 heavy (non-hydrogen) atoms. The average molecular weight is 552 g/mol. The van der Waals surface area contributed by atoms with Gasteiger partial charge in [-0.1, -0.05) is 111 Å². The molecular weight excluding hydrogens is 522 g/mol. The van der Waals surface area contributed by atoms with E-state index in [1.807, 2.05) is 6.07 Å². The van der Waals surface area contributed by atoms with Crippen molar-refractivity contribution in [1.29, 1.82) is 0 Å². The van der Waals surface area contributed by atoms with Crippen LogP contribution in [0.15, 0.2) is 144 Å². The minimum absolute atomic E-state index is 0.165. The van der Waals surface area contributed by atoms with Crippen molar-refractivity contribution in [2.75, 3.05) is 4.90 Å². The number of fused-ring (bicyclic) bond motifs is 9. The highest BCUT2D eigenvalue weighted by atomic mass is 16.3. The highest BCUT2D eigenvalue weighted by Gasteiger charge is 2.38. The van der Waals surface area contributed by atoms with Crippen molar-refractivity contribution in [3.05, 3.63) is 151 Å². The molecular formula is C41H29NO. The summed E-state index contributed by atoms with van der Waals surface area (Å²) in [6.07, 6.45) is 0. The second-order valence-corrected chi connectivity index (χ2v) is 12.2. The molecule has 0 amide bonds. The molecule has 0 saturated heterocycles. The molecule has 0 radical (unpaired) electrons. The van der Waals surface area contributed by atoms with Crippen LogP contribution in [0.3, 0.4) is 0 Å². The summed E-state index contributed by atoms with van der Waals surface area (Å²) in [4.78, 5) is 2.39. The maximum absolute atomic E-state index is 6.61. The van der Waals surface area contributed by atoms with Crippen molar-refractivity contribution in [1.82, 2.24) is 0 Å². The van der Waals surface area contributed by atoms with Crippen molar-refractivity contribution in [3.63, 3.8) is 0 Å². The Morgan fingerprint density at radius 3 is 1.98 bits per heavy atom. The maximum atomic E-state index is 6.61. The summed E-state index contributed by atoms with van der Waals surface area (Å²) in [7, 11) is 0. The van der Waals surface area contributed by atoms with Gasteiger partial charge in [-0.15, -0.1) is 0 Å². The summed E-state index contributed by atoms with van der Waals surface area (Å²) in [6.45, 7) is 4.75. The first-order valence-electron chi connectivity index (χ1n) is 14.9. The molecule has 1 aliphatic carbocycles. The van der Waals surface area contributed by atoms with Crippen molar-refractivity contribution in [2.45, 2.75) is 19.3 Å². The summed E-state index contributed by atoms with van der Waals surface area (Å²) in [5.41, 5.74) is 10.3. The minimum atomic E-state index is -0.165. The van der Waals surface area contributed by atoms with Crippen LogP contribution in [0.5, 0.6) is 0 Å². The molecule has 2 heteroatoms. The normalized spacial score (nSPS) is 13.5. The molecule has 0 fully saturated rings. The molecule has 9 rings (SSSR count). The second-order valence-electron chi connectivity index (χ2n) is 12.2. The van der Waals surface area contributed by atoms with Gasteiger partial charge in [0.15, 0.2) is 5.58 Å². The van der Waals surface area contributed by atoms with Crippen LogP contribution in [-0.2, 0) is 5.41 Å². The van der Waals surface area contributed by atoms with E-state index >= 15 is 0 Å². The third kappa shape index (κ3) is 3.41. The van der Waals surface area contributed by atoms with Gasteiger partial charge in [0.2, 0.25) is 0 Å². The summed E-state index contributed by atoms with van der Waals surface area (Å²) >= 11 is 0. The van der Waals surface area contributed by atoms with Gasteiger partial charge in [-0.3, -0.25) is 0 Å². The van der Waals surface area contributed by atoms with Crippen molar-refractivity contribution < 1.29 is 4.42 Å². The summed E-state index contributed by atoms with van der Waals surface area (Å²) in [5.74, 6) is 0. The van der Waals surface area contributed by atoms with Gasteiger partial charge in [-0.25, -0.2) is 0 Å². The number of hydrogen-bond donors (Lipinski definition) is 0. The summed E-state index contributed by atoms with van der Waals surface area (Å²) in [6, 6.07) is 50.4. The van der Waals surface area contributed by atoms with E-state index in [2.05, 4.69) is 152 Å². The van der Waals surface area contributed by atoms with E-state index in [1.165, 1.54) is 43.8 Å². The van der Waals surface area contributed by atoms with E-state index in [1.54, 1.807) is 0 Å². The van der Waals surface area contributed by atoms with Gasteiger partial charge in [0.25, 0.3) is 0 Å². The Bertz CT molecular complexity index is 2380. The van der Waals surface area contributed by atoms with E-state index in [4.69, 9.17) is 4.42 Å². The monoisotopic (exact) mass is 551 g/mol. The summed E-state index contributed by atoms with van der Waals surface area (Å²) in [5, 5.41) is 7.31. The van der Waals surface area contributed by atoms with Gasteiger partial charge >= 0.3 is 0 Å². The molecule has 0 spiro atoms. The van der Waals surface area contributed by atoms with Crippen molar-refractivity contribution in [3.8, 4) is 11.1 Å². The SMILES string of the molecule is CC1(C)c2cc3ccccc3cc2-c2c1cc(N(c1ccccc1)c1cccc3c1oc1ccccc13)c1ccccc21. The standard InChI is InChI=1S/C41H29NO/c1-41(2)34-24-27-14-7-6-13-26(27)23-33(34)39-31-19-9-8-17-29(31)37(25-35(39)41)42(28-15-4-3-5-16-28)36-21-12-20-32-30-18-10-11-22-38(30)43-40(32)36/h3-25H,1-2H3. The molecule has 1 heterocycles. The third-order valence-corrected chi connectivity index (χ3v) is 9.40. The Hall–Kier alpha value is -5.34.